The number of rotatable bonds is 7. The second-order valence-corrected chi connectivity index (χ2v) is 6.86. The number of hydrogen-bond donors (Lipinski definition) is 2. The molecule has 0 bridgehead atoms. The first-order valence-electron chi connectivity index (χ1n) is 6.96. The van der Waals surface area contributed by atoms with Crippen LogP contribution in [0.1, 0.15) is 5.56 Å². The largest absolute Gasteiger partial charge is 0.395 e. The standard InChI is InChI=1S/C15H18FN3O3S/c1-19(9-10-20)23(21,22)14-7-3-2-5-12(14)11-18-15-13(16)6-4-8-17-15/h2-8,20H,9-11H2,1H3,(H,17,18). The number of anilines is 1. The Hall–Kier alpha value is -2.03. The second kappa shape index (κ2) is 7.49. The third-order valence-electron chi connectivity index (χ3n) is 3.28. The Balaban J connectivity index is 2.26. The molecule has 0 unspecified atom stereocenters. The molecule has 0 aliphatic rings. The highest BCUT2D eigenvalue weighted by molar-refractivity contribution is 7.89. The van der Waals surface area contributed by atoms with Gasteiger partial charge >= 0.3 is 0 Å². The van der Waals surface area contributed by atoms with Crippen LogP contribution in [0, 0.1) is 5.82 Å². The maximum Gasteiger partial charge on any atom is 0.243 e. The Labute approximate surface area is 134 Å². The average molecular weight is 339 g/mol. The topological polar surface area (TPSA) is 82.5 Å². The first kappa shape index (κ1) is 17.3. The minimum atomic E-state index is -3.73. The van der Waals surface area contributed by atoms with Gasteiger partial charge in [-0.3, -0.25) is 0 Å². The van der Waals surface area contributed by atoms with E-state index in [1.165, 1.54) is 31.4 Å². The van der Waals surface area contributed by atoms with E-state index in [0.29, 0.717) is 5.56 Å². The summed E-state index contributed by atoms with van der Waals surface area (Å²) >= 11 is 0. The van der Waals surface area contributed by atoms with Crippen molar-refractivity contribution in [1.29, 1.82) is 0 Å². The van der Waals surface area contributed by atoms with Gasteiger partial charge in [-0.15, -0.1) is 0 Å². The SMILES string of the molecule is CN(CCO)S(=O)(=O)c1ccccc1CNc1ncccc1F. The van der Waals surface area contributed by atoms with Crippen LogP contribution in [0.15, 0.2) is 47.5 Å². The molecule has 2 N–H and O–H groups in total. The number of pyridine rings is 1. The fraction of sp³-hybridized carbons (Fsp3) is 0.267. The van der Waals surface area contributed by atoms with Crippen molar-refractivity contribution in [2.45, 2.75) is 11.4 Å². The van der Waals surface area contributed by atoms with Gasteiger partial charge in [0.1, 0.15) is 0 Å². The predicted molar refractivity (Wildman–Crippen MR) is 84.9 cm³/mol. The van der Waals surface area contributed by atoms with Crippen LogP contribution in [0.5, 0.6) is 0 Å². The maximum absolute atomic E-state index is 13.6. The first-order valence-corrected chi connectivity index (χ1v) is 8.40. The van der Waals surface area contributed by atoms with Crippen molar-refractivity contribution >= 4 is 15.8 Å². The monoisotopic (exact) mass is 339 g/mol. The lowest BCUT2D eigenvalue weighted by atomic mass is 10.2. The van der Waals surface area contributed by atoms with Crippen molar-refractivity contribution in [3.8, 4) is 0 Å². The molecule has 2 rings (SSSR count). The Bertz CT molecular complexity index is 768. The molecule has 2 aromatic rings. The van der Waals surface area contributed by atoms with Crippen LogP contribution < -0.4 is 5.32 Å². The molecule has 124 valence electrons. The number of benzene rings is 1. The highest BCUT2D eigenvalue weighted by Gasteiger charge is 2.23. The molecule has 0 atom stereocenters. The molecule has 0 aliphatic heterocycles. The van der Waals surface area contributed by atoms with Crippen LogP contribution in [-0.2, 0) is 16.6 Å². The number of aliphatic hydroxyl groups is 1. The summed E-state index contributed by atoms with van der Waals surface area (Å²) < 4.78 is 39.7. The molecule has 1 heterocycles. The molecule has 6 nitrogen and oxygen atoms in total. The van der Waals surface area contributed by atoms with E-state index in [9.17, 15) is 12.8 Å². The zero-order chi connectivity index (χ0) is 16.9. The van der Waals surface area contributed by atoms with Crippen LogP contribution in [0.4, 0.5) is 10.2 Å². The third-order valence-corrected chi connectivity index (χ3v) is 5.24. The van der Waals surface area contributed by atoms with Gasteiger partial charge in [0.15, 0.2) is 11.6 Å². The van der Waals surface area contributed by atoms with E-state index < -0.39 is 15.8 Å². The fourth-order valence-electron chi connectivity index (χ4n) is 2.03. The van der Waals surface area contributed by atoms with Gasteiger partial charge in [-0.05, 0) is 23.8 Å². The van der Waals surface area contributed by atoms with E-state index >= 15 is 0 Å². The minimum absolute atomic E-state index is 0.00103. The number of hydrogen-bond acceptors (Lipinski definition) is 5. The number of likely N-dealkylation sites (N-methyl/N-ethyl adjacent to an activating group) is 1. The number of halogens is 1. The summed E-state index contributed by atoms with van der Waals surface area (Å²) in [5, 5.41) is 11.7. The van der Waals surface area contributed by atoms with E-state index in [1.54, 1.807) is 18.2 Å². The summed E-state index contributed by atoms with van der Waals surface area (Å²) in [6.45, 7) is -0.162. The van der Waals surface area contributed by atoms with Gasteiger partial charge in [-0.25, -0.2) is 17.8 Å². The Kier molecular flexibility index (Phi) is 5.64. The molecule has 0 saturated heterocycles. The zero-order valence-corrected chi connectivity index (χ0v) is 13.4. The molecular weight excluding hydrogens is 321 g/mol. The van der Waals surface area contributed by atoms with Crippen LogP contribution in [-0.4, -0.2) is 43.0 Å². The molecule has 0 radical (unpaired) electrons. The van der Waals surface area contributed by atoms with Crippen molar-refractivity contribution < 1.29 is 17.9 Å². The Morgan fingerprint density at radius 2 is 2.00 bits per heavy atom. The van der Waals surface area contributed by atoms with Gasteiger partial charge < -0.3 is 10.4 Å². The number of nitrogens with one attached hydrogen (secondary N) is 1. The molecule has 0 saturated carbocycles. The van der Waals surface area contributed by atoms with E-state index in [2.05, 4.69) is 10.3 Å². The molecule has 1 aromatic carbocycles. The van der Waals surface area contributed by atoms with Crippen LogP contribution in [0.3, 0.4) is 0 Å². The molecule has 1 aromatic heterocycles. The van der Waals surface area contributed by atoms with Gasteiger partial charge in [-0.2, -0.15) is 4.31 Å². The van der Waals surface area contributed by atoms with E-state index in [4.69, 9.17) is 5.11 Å². The van der Waals surface area contributed by atoms with Crippen molar-refractivity contribution in [2.24, 2.45) is 0 Å². The maximum atomic E-state index is 13.6. The average Bonchev–Trinajstić information content (AvgIpc) is 2.54. The van der Waals surface area contributed by atoms with Crippen LogP contribution >= 0.6 is 0 Å². The molecular formula is C15H18FN3O3S. The Morgan fingerprint density at radius 3 is 2.70 bits per heavy atom. The lowest BCUT2D eigenvalue weighted by molar-refractivity contribution is 0.266. The van der Waals surface area contributed by atoms with Crippen molar-refractivity contribution in [1.82, 2.24) is 9.29 Å². The number of sulfonamides is 1. The summed E-state index contributed by atoms with van der Waals surface area (Å²) in [4.78, 5) is 3.98. The minimum Gasteiger partial charge on any atom is -0.395 e. The number of aliphatic hydroxyl groups excluding tert-OH is 1. The van der Waals surface area contributed by atoms with E-state index in [1.807, 2.05) is 0 Å². The molecule has 23 heavy (non-hydrogen) atoms. The third kappa shape index (κ3) is 4.04. The van der Waals surface area contributed by atoms with Crippen LogP contribution in [0.2, 0.25) is 0 Å². The molecule has 0 fully saturated rings. The van der Waals surface area contributed by atoms with Crippen molar-refractivity contribution in [3.05, 3.63) is 54.0 Å². The quantitative estimate of drug-likeness (QED) is 0.798. The summed E-state index contributed by atoms with van der Waals surface area (Å²) in [6, 6.07) is 9.19. The number of nitrogens with zero attached hydrogens (tertiary/aromatic N) is 2. The summed E-state index contributed by atoms with van der Waals surface area (Å²) in [6.07, 6.45) is 1.45. The Morgan fingerprint density at radius 1 is 1.26 bits per heavy atom. The van der Waals surface area contributed by atoms with Crippen LogP contribution in [0.25, 0.3) is 0 Å². The molecule has 0 amide bonds. The van der Waals surface area contributed by atoms with Gasteiger partial charge in [0.25, 0.3) is 0 Å². The molecule has 0 aliphatic carbocycles. The van der Waals surface area contributed by atoms with Gasteiger partial charge in [0, 0.05) is 26.3 Å². The predicted octanol–water partition coefficient (Wildman–Crippen LogP) is 1.45. The van der Waals surface area contributed by atoms with Gasteiger partial charge in [0.2, 0.25) is 10.0 Å². The van der Waals surface area contributed by atoms with Gasteiger partial charge in [0.05, 0.1) is 11.5 Å². The number of aromatic nitrogens is 1. The highest BCUT2D eigenvalue weighted by Crippen LogP contribution is 2.20. The zero-order valence-electron chi connectivity index (χ0n) is 12.6. The summed E-state index contributed by atoms with van der Waals surface area (Å²) in [5.74, 6) is -0.450. The smallest absolute Gasteiger partial charge is 0.243 e. The summed E-state index contributed by atoms with van der Waals surface area (Å²) in [5.41, 5.74) is 0.488. The lowest BCUT2D eigenvalue weighted by Gasteiger charge is -2.18. The van der Waals surface area contributed by atoms with Gasteiger partial charge in [-0.1, -0.05) is 18.2 Å². The molecule has 0 spiro atoms. The first-order chi connectivity index (χ1) is 11.0. The highest BCUT2D eigenvalue weighted by atomic mass is 32.2. The summed E-state index contributed by atoms with van der Waals surface area (Å²) in [7, 11) is -2.33. The van der Waals surface area contributed by atoms with Crippen molar-refractivity contribution in [3.63, 3.8) is 0 Å². The second-order valence-electron chi connectivity index (χ2n) is 4.85. The molecule has 8 heteroatoms. The van der Waals surface area contributed by atoms with E-state index in [0.717, 1.165) is 4.31 Å². The normalized spacial score (nSPS) is 11.7. The fourth-order valence-corrected chi connectivity index (χ4v) is 3.40. The van der Waals surface area contributed by atoms with E-state index in [-0.39, 0.29) is 30.4 Å². The lowest BCUT2D eigenvalue weighted by Crippen LogP contribution is -2.30. The van der Waals surface area contributed by atoms with Crippen molar-refractivity contribution in [2.75, 3.05) is 25.5 Å².